The molecular formula is C16H13ClN2O4S. The predicted molar refractivity (Wildman–Crippen MR) is 90.6 cm³/mol. The molecule has 0 bridgehead atoms. The summed E-state index contributed by atoms with van der Waals surface area (Å²) in [5.74, 6) is -0.304. The lowest BCUT2D eigenvalue weighted by Crippen LogP contribution is -2.34. The standard InChI is InChI=1S/C16H13ClN2O4S/c17-12-4-1-2-7-15(12)24(21,22)19-16(20)10-23-14-6-3-5-13-11(14)8-9-18-13/h1-9,18H,10H2,(H,19,20). The molecular weight excluding hydrogens is 352 g/mol. The fraction of sp³-hybridized carbons (Fsp3) is 0.0625. The van der Waals surface area contributed by atoms with Crippen molar-refractivity contribution in [3.05, 3.63) is 59.8 Å². The largest absolute Gasteiger partial charge is 0.483 e. The van der Waals surface area contributed by atoms with Crippen LogP contribution >= 0.6 is 11.6 Å². The van der Waals surface area contributed by atoms with Crippen molar-refractivity contribution in [2.24, 2.45) is 0 Å². The maximum Gasteiger partial charge on any atom is 0.271 e. The van der Waals surface area contributed by atoms with Gasteiger partial charge in [0.1, 0.15) is 10.6 Å². The molecule has 0 saturated heterocycles. The molecule has 0 aliphatic heterocycles. The van der Waals surface area contributed by atoms with Crippen molar-refractivity contribution >= 4 is 38.4 Å². The summed E-state index contributed by atoms with van der Waals surface area (Å²) in [6, 6.07) is 13.0. The highest BCUT2D eigenvalue weighted by atomic mass is 35.5. The molecule has 124 valence electrons. The van der Waals surface area contributed by atoms with E-state index in [0.717, 1.165) is 10.9 Å². The van der Waals surface area contributed by atoms with Gasteiger partial charge in [-0.2, -0.15) is 0 Å². The zero-order valence-corrected chi connectivity index (χ0v) is 13.9. The Kier molecular flexibility index (Phi) is 4.46. The topological polar surface area (TPSA) is 88.3 Å². The summed E-state index contributed by atoms with van der Waals surface area (Å²) in [5, 5.41) is 0.843. The first kappa shape index (κ1) is 16.4. The average Bonchev–Trinajstić information content (AvgIpc) is 3.02. The van der Waals surface area contributed by atoms with Crippen LogP contribution in [0.25, 0.3) is 10.9 Å². The number of ether oxygens (including phenoxy) is 1. The fourth-order valence-corrected chi connectivity index (χ4v) is 3.71. The molecule has 2 aromatic carbocycles. The number of benzene rings is 2. The zero-order valence-electron chi connectivity index (χ0n) is 12.3. The van der Waals surface area contributed by atoms with E-state index in [0.29, 0.717) is 5.75 Å². The number of aromatic nitrogens is 1. The average molecular weight is 365 g/mol. The first-order valence-electron chi connectivity index (χ1n) is 6.96. The smallest absolute Gasteiger partial charge is 0.271 e. The van der Waals surface area contributed by atoms with Gasteiger partial charge in [-0.3, -0.25) is 4.79 Å². The number of hydrogen-bond acceptors (Lipinski definition) is 4. The SMILES string of the molecule is O=C(COc1cccc2[nH]ccc12)NS(=O)(=O)c1ccccc1Cl. The van der Waals surface area contributed by atoms with Gasteiger partial charge in [-0.25, -0.2) is 13.1 Å². The second-order valence-corrected chi connectivity index (χ2v) is 7.00. The van der Waals surface area contributed by atoms with Crippen LogP contribution < -0.4 is 9.46 Å². The van der Waals surface area contributed by atoms with Crippen LogP contribution in [-0.4, -0.2) is 25.9 Å². The number of amides is 1. The number of nitrogens with one attached hydrogen (secondary N) is 2. The molecule has 0 spiro atoms. The van der Waals surface area contributed by atoms with Gasteiger partial charge in [-0.1, -0.05) is 29.8 Å². The number of fused-ring (bicyclic) bond motifs is 1. The van der Waals surface area contributed by atoms with Crippen LogP contribution in [0.3, 0.4) is 0 Å². The summed E-state index contributed by atoms with van der Waals surface area (Å²) in [7, 11) is -4.04. The van der Waals surface area contributed by atoms with Gasteiger partial charge < -0.3 is 9.72 Å². The minimum atomic E-state index is -4.04. The van der Waals surface area contributed by atoms with Crippen molar-refractivity contribution in [2.75, 3.05) is 6.61 Å². The number of rotatable bonds is 5. The third-order valence-electron chi connectivity index (χ3n) is 3.29. The van der Waals surface area contributed by atoms with E-state index in [1.165, 1.54) is 18.2 Å². The van der Waals surface area contributed by atoms with Crippen molar-refractivity contribution < 1.29 is 17.9 Å². The third kappa shape index (κ3) is 3.37. The quantitative estimate of drug-likeness (QED) is 0.728. The molecule has 1 aromatic heterocycles. The minimum Gasteiger partial charge on any atom is -0.483 e. The zero-order chi connectivity index (χ0) is 17.2. The maximum atomic E-state index is 12.2. The molecule has 0 radical (unpaired) electrons. The van der Waals surface area contributed by atoms with Crippen molar-refractivity contribution in [2.45, 2.75) is 4.90 Å². The molecule has 1 amide bonds. The molecule has 2 N–H and O–H groups in total. The molecule has 24 heavy (non-hydrogen) atoms. The fourth-order valence-electron chi connectivity index (χ4n) is 2.22. The van der Waals surface area contributed by atoms with Crippen molar-refractivity contribution in [1.82, 2.24) is 9.71 Å². The summed E-state index contributed by atoms with van der Waals surface area (Å²) in [5.41, 5.74) is 0.858. The van der Waals surface area contributed by atoms with Crippen molar-refractivity contribution in [3.8, 4) is 5.75 Å². The Bertz CT molecular complexity index is 998. The summed E-state index contributed by atoms with van der Waals surface area (Å²) in [6.07, 6.45) is 1.75. The van der Waals surface area contributed by atoms with E-state index in [-0.39, 0.29) is 9.92 Å². The van der Waals surface area contributed by atoms with E-state index in [1.807, 2.05) is 16.9 Å². The van der Waals surface area contributed by atoms with Gasteiger partial charge in [0, 0.05) is 17.1 Å². The van der Waals surface area contributed by atoms with Gasteiger partial charge in [0.15, 0.2) is 6.61 Å². The molecule has 1 heterocycles. The molecule has 0 saturated carbocycles. The van der Waals surface area contributed by atoms with E-state index < -0.39 is 22.5 Å². The molecule has 0 fully saturated rings. The first-order chi connectivity index (χ1) is 11.5. The normalized spacial score (nSPS) is 11.4. The molecule has 0 atom stereocenters. The van der Waals surface area contributed by atoms with E-state index >= 15 is 0 Å². The van der Waals surface area contributed by atoms with E-state index in [4.69, 9.17) is 16.3 Å². The predicted octanol–water partition coefficient (Wildman–Crippen LogP) is 2.71. The van der Waals surface area contributed by atoms with E-state index in [1.54, 1.807) is 24.4 Å². The molecule has 0 unspecified atom stereocenters. The minimum absolute atomic E-state index is 0.0378. The summed E-state index contributed by atoms with van der Waals surface area (Å²) in [4.78, 5) is 14.8. The van der Waals surface area contributed by atoms with Crippen LogP contribution in [0.1, 0.15) is 0 Å². The highest BCUT2D eigenvalue weighted by Gasteiger charge is 2.20. The lowest BCUT2D eigenvalue weighted by molar-refractivity contribution is -0.121. The lowest BCUT2D eigenvalue weighted by Gasteiger charge is -2.10. The Balaban J connectivity index is 1.70. The molecule has 3 rings (SSSR count). The van der Waals surface area contributed by atoms with Crippen LogP contribution in [0, 0.1) is 0 Å². The second-order valence-electron chi connectivity index (χ2n) is 4.94. The third-order valence-corrected chi connectivity index (χ3v) is 5.16. The highest BCUT2D eigenvalue weighted by molar-refractivity contribution is 7.90. The number of carbonyl (C=O) groups is 1. The Morgan fingerprint density at radius 2 is 1.92 bits per heavy atom. The van der Waals surface area contributed by atoms with Crippen molar-refractivity contribution in [3.63, 3.8) is 0 Å². The van der Waals surface area contributed by atoms with Gasteiger partial charge in [0.25, 0.3) is 15.9 Å². The van der Waals surface area contributed by atoms with E-state index in [2.05, 4.69) is 4.98 Å². The van der Waals surface area contributed by atoms with Gasteiger partial charge in [-0.05, 0) is 30.3 Å². The Hall–Kier alpha value is -2.51. The summed E-state index contributed by atoms with van der Waals surface area (Å²) < 4.78 is 31.7. The Morgan fingerprint density at radius 3 is 2.71 bits per heavy atom. The first-order valence-corrected chi connectivity index (χ1v) is 8.82. The van der Waals surface area contributed by atoms with Crippen molar-refractivity contribution in [1.29, 1.82) is 0 Å². The second kappa shape index (κ2) is 6.54. The van der Waals surface area contributed by atoms with Crippen LogP contribution in [0.4, 0.5) is 0 Å². The monoisotopic (exact) mass is 364 g/mol. The number of carbonyl (C=O) groups excluding carboxylic acids is 1. The number of sulfonamides is 1. The van der Waals surface area contributed by atoms with Crippen LogP contribution in [0.2, 0.25) is 5.02 Å². The van der Waals surface area contributed by atoms with Gasteiger partial charge in [0.05, 0.1) is 5.02 Å². The lowest BCUT2D eigenvalue weighted by atomic mass is 10.2. The van der Waals surface area contributed by atoms with Gasteiger partial charge in [0.2, 0.25) is 0 Å². The van der Waals surface area contributed by atoms with Crippen LogP contribution in [0.5, 0.6) is 5.75 Å². The summed E-state index contributed by atoms with van der Waals surface area (Å²) in [6.45, 7) is -0.437. The molecule has 0 aliphatic rings. The van der Waals surface area contributed by atoms with Crippen LogP contribution in [0.15, 0.2) is 59.6 Å². The molecule has 6 nitrogen and oxygen atoms in total. The van der Waals surface area contributed by atoms with Gasteiger partial charge >= 0.3 is 0 Å². The van der Waals surface area contributed by atoms with E-state index in [9.17, 15) is 13.2 Å². The number of aromatic amines is 1. The molecule has 3 aromatic rings. The Morgan fingerprint density at radius 1 is 1.12 bits per heavy atom. The number of halogens is 1. The number of H-pyrrole nitrogens is 1. The van der Waals surface area contributed by atoms with Gasteiger partial charge in [-0.15, -0.1) is 0 Å². The highest BCUT2D eigenvalue weighted by Crippen LogP contribution is 2.24. The van der Waals surface area contributed by atoms with Crippen LogP contribution in [-0.2, 0) is 14.8 Å². The summed E-state index contributed by atoms with van der Waals surface area (Å²) >= 11 is 5.85. The molecule has 8 heteroatoms. The molecule has 0 aliphatic carbocycles. The Labute approximate surface area is 143 Å². The number of hydrogen-bond donors (Lipinski definition) is 2. The maximum absolute atomic E-state index is 12.2.